The van der Waals surface area contributed by atoms with E-state index in [4.69, 9.17) is 0 Å². The molecule has 0 aliphatic heterocycles. The van der Waals surface area contributed by atoms with Gasteiger partial charge in [0.15, 0.2) is 0 Å². The molecule has 0 fully saturated rings. The fraction of sp³-hybridized carbons (Fsp3) is 1.00. The molecule has 0 spiro atoms. The molecule has 196 valence electrons. The van der Waals surface area contributed by atoms with E-state index in [0.29, 0.717) is 0 Å². The summed E-state index contributed by atoms with van der Waals surface area (Å²) in [6.07, 6.45) is -14.4. The summed E-state index contributed by atoms with van der Waals surface area (Å²) in [6.45, 7) is 0. The summed E-state index contributed by atoms with van der Waals surface area (Å²) in [7, 11) is 0. The van der Waals surface area contributed by atoms with Crippen molar-refractivity contribution in [3.63, 3.8) is 0 Å². The zero-order valence-electron chi connectivity index (χ0n) is 12.9. The van der Waals surface area contributed by atoms with Gasteiger partial charge in [-0.2, -0.15) is 61.5 Å². The molecule has 1 unspecified atom stereocenters. The molecule has 23 heteroatoms. The van der Waals surface area contributed by atoms with Crippen LogP contribution >= 0.6 is 69.6 Å². The van der Waals surface area contributed by atoms with E-state index < -0.39 is 45.9 Å². The summed E-state index contributed by atoms with van der Waals surface area (Å²) in [5.74, 6) is -2.69. The highest BCUT2D eigenvalue weighted by molar-refractivity contribution is 6.45. The maximum atomic E-state index is 11.1. The summed E-state index contributed by atoms with van der Waals surface area (Å²) in [5, 5.41) is -9.32. The van der Waals surface area contributed by atoms with Crippen LogP contribution in [-0.4, -0.2) is 45.9 Å². The van der Waals surface area contributed by atoms with E-state index in [1.54, 1.807) is 0 Å². The molecule has 0 rings (SSSR count). The average molecular weight is 635 g/mol. The quantitative estimate of drug-likeness (QED) is 0.199. The van der Waals surface area contributed by atoms with E-state index in [-0.39, 0.29) is 0 Å². The van der Waals surface area contributed by atoms with Crippen molar-refractivity contribution >= 4 is 69.6 Å². The third-order valence-electron chi connectivity index (χ3n) is 0.816. The van der Waals surface area contributed by atoms with E-state index in [1.165, 1.54) is 0 Å². The lowest BCUT2D eigenvalue weighted by molar-refractivity contribution is -0.219. The molecule has 0 aliphatic carbocycles. The maximum Gasteiger partial charge on any atom is 0.450 e. The minimum atomic E-state index is -5.33. The van der Waals surface area contributed by atoms with Gasteiger partial charge in [-0.1, -0.05) is 23.2 Å². The van der Waals surface area contributed by atoms with Gasteiger partial charge >= 0.3 is 40.3 Å². The SMILES string of the molecule is FC(Cl)C(F)(F)F.FC(F)(Cl)C(F)(F)Cl.FC(F)(Cl)Cl.FC(F)C(F)(F)F.FC(F)Cl. The van der Waals surface area contributed by atoms with Crippen LogP contribution in [0.25, 0.3) is 0 Å². The van der Waals surface area contributed by atoms with E-state index >= 15 is 0 Å². The Labute approximate surface area is 190 Å². The van der Waals surface area contributed by atoms with Crippen LogP contribution in [0.1, 0.15) is 0 Å². The molecule has 0 aromatic heterocycles. The molecule has 31 heavy (non-hydrogen) atoms. The Morgan fingerprint density at radius 1 is 0.452 bits per heavy atom. The molecule has 1 atom stereocenters. The molecular weight excluding hydrogens is 632 g/mol. The Kier molecular flexibility index (Phi) is 23.0. The van der Waals surface area contributed by atoms with Crippen LogP contribution in [0.2, 0.25) is 0 Å². The van der Waals surface area contributed by atoms with Gasteiger partial charge in [-0.05, 0) is 46.4 Å². The highest BCUT2D eigenvalue weighted by Gasteiger charge is 2.53. The van der Waals surface area contributed by atoms with E-state index in [2.05, 4.69) is 69.6 Å². The van der Waals surface area contributed by atoms with Crippen molar-refractivity contribution in [1.29, 1.82) is 0 Å². The predicted molar refractivity (Wildman–Crippen MR) is 79.0 cm³/mol. The Morgan fingerprint density at radius 3 is 0.548 bits per heavy atom. The average Bonchev–Trinajstić information content (AvgIpc) is 2.31. The lowest BCUT2D eigenvalue weighted by atomic mass is 10.7. The van der Waals surface area contributed by atoms with Gasteiger partial charge in [-0.3, -0.25) is 0 Å². The van der Waals surface area contributed by atoms with Gasteiger partial charge < -0.3 is 0 Å². The Bertz CT molecular complexity index is 365. The summed E-state index contributed by atoms with van der Waals surface area (Å²) < 4.78 is 181. The monoisotopic (exact) mass is 632 g/mol. The molecule has 0 saturated carbocycles. The van der Waals surface area contributed by atoms with Gasteiger partial charge in [0.1, 0.15) is 0 Å². The van der Waals surface area contributed by atoms with Crippen LogP contribution in [0.3, 0.4) is 0 Å². The van der Waals surface area contributed by atoms with Crippen LogP contribution in [-0.2, 0) is 0 Å². The third kappa shape index (κ3) is 53.6. The molecule has 0 N–H and O–H groups in total. The molecule has 0 aromatic carbocycles. The van der Waals surface area contributed by atoms with E-state index in [1.807, 2.05) is 0 Å². The molecule has 0 heterocycles. The van der Waals surface area contributed by atoms with E-state index in [9.17, 15) is 74.6 Å². The van der Waals surface area contributed by atoms with Crippen molar-refractivity contribution in [3.05, 3.63) is 0 Å². The number of rotatable bonds is 1. The van der Waals surface area contributed by atoms with Crippen molar-refractivity contribution in [1.82, 2.24) is 0 Å². The number of alkyl halides is 23. The fourth-order valence-corrected chi connectivity index (χ4v) is 0. The summed E-state index contributed by atoms with van der Waals surface area (Å²) >= 11 is 23.4. The molecule has 0 aliphatic rings. The fourth-order valence-electron chi connectivity index (χ4n) is 0. The van der Waals surface area contributed by atoms with Crippen LogP contribution in [0.15, 0.2) is 0 Å². The van der Waals surface area contributed by atoms with Crippen molar-refractivity contribution in [2.45, 2.75) is 45.9 Å². The molecule has 0 amide bonds. The molecule has 0 aromatic rings. The Balaban J connectivity index is -0.0000000927. The van der Waals surface area contributed by atoms with Crippen LogP contribution in [0.4, 0.5) is 74.6 Å². The maximum absolute atomic E-state index is 11.1. The molecular formula is C8H3Cl6F17. The first-order chi connectivity index (χ1) is 12.9. The highest BCUT2D eigenvalue weighted by Crippen LogP contribution is 2.40. The van der Waals surface area contributed by atoms with Gasteiger partial charge in [0.05, 0.1) is 0 Å². The summed E-state index contributed by atoms with van der Waals surface area (Å²) in [6, 6.07) is 0. The van der Waals surface area contributed by atoms with E-state index in [0.717, 1.165) is 0 Å². The third-order valence-corrected chi connectivity index (χ3v) is 1.64. The van der Waals surface area contributed by atoms with Gasteiger partial charge in [0, 0.05) is 0 Å². The Morgan fingerprint density at radius 2 is 0.548 bits per heavy atom. The zero-order chi connectivity index (χ0) is 27.2. The van der Waals surface area contributed by atoms with Gasteiger partial charge in [-0.15, -0.1) is 0 Å². The van der Waals surface area contributed by atoms with Crippen molar-refractivity contribution < 1.29 is 74.6 Å². The number of hydrogen-bond acceptors (Lipinski definition) is 0. The largest absolute Gasteiger partial charge is 0.450 e. The highest BCUT2D eigenvalue weighted by atomic mass is 35.5. The van der Waals surface area contributed by atoms with Crippen LogP contribution < -0.4 is 0 Å². The second-order valence-corrected chi connectivity index (χ2v) is 6.16. The molecule has 0 nitrogen and oxygen atoms in total. The second-order valence-electron chi connectivity index (χ2n) is 3.36. The van der Waals surface area contributed by atoms with Crippen molar-refractivity contribution in [2.75, 3.05) is 0 Å². The second kappa shape index (κ2) is 17.1. The first kappa shape index (κ1) is 41.8. The lowest BCUT2D eigenvalue weighted by Gasteiger charge is -2.11. The normalized spacial score (nSPS) is 13.5. The minimum Gasteiger partial charge on any atom is -0.220 e. The van der Waals surface area contributed by atoms with Gasteiger partial charge in [0.25, 0.3) is 5.63 Å². The topological polar surface area (TPSA) is 0 Å². The van der Waals surface area contributed by atoms with Gasteiger partial charge in [-0.25, -0.2) is 13.2 Å². The summed E-state index contributed by atoms with van der Waals surface area (Å²) in [5.41, 5.74) is -3.23. The molecule has 0 saturated heterocycles. The smallest absolute Gasteiger partial charge is 0.220 e. The standard InChI is InChI=1S/C2Cl2F4.C2HClF4.C2HF5.CCl2F2.CHClF2/c3-1(5,6)2(4,7)8;2*3-1(4)2(5,6)7;2-1(3,4)5;2-1(3)4/h;2*1H;;1H. The first-order valence-electron chi connectivity index (χ1n) is 5.38. The van der Waals surface area contributed by atoms with Crippen LogP contribution in [0, 0.1) is 0 Å². The molecule has 0 bridgehead atoms. The number of halogens is 23. The van der Waals surface area contributed by atoms with Gasteiger partial charge in [0.2, 0.25) is 0 Å². The molecule has 0 radical (unpaired) electrons. The number of hydrogen-bond donors (Lipinski definition) is 0. The first-order valence-corrected chi connectivity index (χ1v) is 7.76. The Hall–Kier alpha value is 0.550. The summed E-state index contributed by atoms with van der Waals surface area (Å²) in [4.78, 5) is -3.56. The van der Waals surface area contributed by atoms with Crippen molar-refractivity contribution in [3.8, 4) is 0 Å². The lowest BCUT2D eigenvalue weighted by Crippen LogP contribution is -2.28. The van der Waals surface area contributed by atoms with Crippen molar-refractivity contribution in [2.24, 2.45) is 0 Å². The van der Waals surface area contributed by atoms with Crippen LogP contribution in [0.5, 0.6) is 0 Å². The zero-order valence-corrected chi connectivity index (χ0v) is 17.5. The predicted octanol–water partition coefficient (Wildman–Crippen LogP) is 10.0. The minimum absolute atomic E-state index is 2.69.